The van der Waals surface area contributed by atoms with E-state index < -0.39 is 24.1 Å². The molecule has 0 saturated carbocycles. The first kappa shape index (κ1) is 27.4. The molecule has 2 fully saturated rings. The van der Waals surface area contributed by atoms with Crippen molar-refractivity contribution in [3.63, 3.8) is 0 Å². The van der Waals surface area contributed by atoms with Gasteiger partial charge < -0.3 is 35.3 Å². The van der Waals surface area contributed by atoms with Gasteiger partial charge in [-0.3, -0.25) is 14.5 Å². The summed E-state index contributed by atoms with van der Waals surface area (Å²) in [5, 5.41) is 3.78. The number of hydrogen-bond donors (Lipinski definition) is 3. The minimum atomic E-state index is -0.769. The number of amides is 3. The summed E-state index contributed by atoms with van der Waals surface area (Å²) in [5.41, 5.74) is 8.84. The van der Waals surface area contributed by atoms with E-state index in [1.165, 1.54) is 18.1 Å². The van der Waals surface area contributed by atoms with Gasteiger partial charge in [0.05, 0.1) is 30.5 Å². The highest BCUT2D eigenvalue weighted by atomic mass is 19.1. The maximum atomic E-state index is 15.1. The number of H-pyrrole nitrogens is 1. The molecule has 2 aliphatic heterocycles. The molecule has 2 aromatic carbocycles. The summed E-state index contributed by atoms with van der Waals surface area (Å²) in [6.45, 7) is 2.20. The van der Waals surface area contributed by atoms with Gasteiger partial charge in [-0.05, 0) is 36.2 Å². The Balaban J connectivity index is 1.13. The number of anilines is 2. The van der Waals surface area contributed by atoms with Crippen LogP contribution >= 0.6 is 0 Å². The molecule has 0 spiro atoms. The monoisotopic (exact) mass is 552 g/mol. The first-order chi connectivity index (χ1) is 19.3. The second kappa shape index (κ2) is 11.9. The van der Waals surface area contributed by atoms with Gasteiger partial charge in [0.25, 0.3) is 0 Å². The number of benzene rings is 2. The van der Waals surface area contributed by atoms with Crippen LogP contribution in [0.15, 0.2) is 48.7 Å². The zero-order chi connectivity index (χ0) is 28.2. The molecule has 2 saturated heterocycles. The minimum absolute atomic E-state index is 0.0253. The van der Waals surface area contributed by atoms with E-state index in [0.717, 1.165) is 16.5 Å². The fraction of sp³-hybridized carbons (Fsp3) is 0.393. The van der Waals surface area contributed by atoms with Gasteiger partial charge in [0.2, 0.25) is 11.8 Å². The molecule has 0 bridgehead atoms. The Morgan fingerprint density at radius 2 is 1.98 bits per heavy atom. The molecule has 2 atom stereocenters. The molecule has 12 heteroatoms. The fourth-order valence-corrected chi connectivity index (χ4v) is 5.15. The highest BCUT2D eigenvalue weighted by Gasteiger charge is 2.33. The minimum Gasteiger partial charge on any atom is -0.442 e. The van der Waals surface area contributed by atoms with Crippen molar-refractivity contribution in [2.24, 2.45) is 5.73 Å². The van der Waals surface area contributed by atoms with Gasteiger partial charge in [-0.2, -0.15) is 0 Å². The Bertz CT molecular complexity index is 1390. The van der Waals surface area contributed by atoms with E-state index >= 15 is 4.39 Å². The normalized spacial score (nSPS) is 18.2. The third kappa shape index (κ3) is 5.87. The smallest absolute Gasteiger partial charge is 0.414 e. The lowest BCUT2D eigenvalue weighted by atomic mass is 10.1. The van der Waals surface area contributed by atoms with Crippen molar-refractivity contribution in [3.8, 4) is 0 Å². The molecule has 11 nitrogen and oxygen atoms in total. The number of piperazine rings is 1. The quantitative estimate of drug-likeness (QED) is 0.367. The van der Waals surface area contributed by atoms with Crippen LogP contribution in [0, 0.1) is 5.82 Å². The van der Waals surface area contributed by atoms with Crippen molar-refractivity contribution in [3.05, 3.63) is 60.0 Å². The lowest BCUT2D eigenvalue weighted by Gasteiger charge is -2.36. The average Bonchev–Trinajstić information content (AvgIpc) is 3.54. The Labute approximate surface area is 231 Å². The number of para-hydroxylation sites is 1. The van der Waals surface area contributed by atoms with E-state index in [1.54, 1.807) is 17.0 Å². The maximum Gasteiger partial charge on any atom is 0.414 e. The second-order valence-corrected chi connectivity index (χ2v) is 9.97. The highest BCUT2D eigenvalue weighted by molar-refractivity contribution is 5.90. The highest BCUT2D eigenvalue weighted by Crippen LogP contribution is 2.28. The van der Waals surface area contributed by atoms with E-state index in [0.29, 0.717) is 44.0 Å². The van der Waals surface area contributed by atoms with E-state index in [9.17, 15) is 14.4 Å². The first-order valence-electron chi connectivity index (χ1n) is 13.2. The van der Waals surface area contributed by atoms with Gasteiger partial charge in [-0.25, -0.2) is 9.18 Å². The summed E-state index contributed by atoms with van der Waals surface area (Å²) >= 11 is 0. The van der Waals surface area contributed by atoms with Crippen LogP contribution in [0.5, 0.6) is 0 Å². The molecule has 3 amide bonds. The lowest BCUT2D eigenvalue weighted by Crippen LogP contribution is -2.50. The summed E-state index contributed by atoms with van der Waals surface area (Å²) in [4.78, 5) is 45.3. The maximum absolute atomic E-state index is 15.1. The second-order valence-electron chi connectivity index (χ2n) is 9.97. The zero-order valence-corrected chi connectivity index (χ0v) is 22.3. The Hall–Kier alpha value is -4.16. The van der Waals surface area contributed by atoms with Gasteiger partial charge >= 0.3 is 6.09 Å². The van der Waals surface area contributed by atoms with Crippen molar-refractivity contribution in [1.29, 1.82) is 0 Å². The number of methoxy groups -OCH3 is 1. The SMILES string of the molecule is COCC(=O)N1CCN(c2ccc(N3C[C@@H](CNC(=O)C(N)Cc4c[nH]c5ccccc45)OC3=O)cc2F)CC1. The molecule has 4 N–H and O–H groups in total. The fourth-order valence-electron chi connectivity index (χ4n) is 5.15. The number of halogens is 1. The molecule has 212 valence electrons. The number of fused-ring (bicyclic) bond motifs is 1. The summed E-state index contributed by atoms with van der Waals surface area (Å²) < 4.78 is 25.4. The molecule has 3 heterocycles. The van der Waals surface area contributed by atoms with Crippen LogP contribution in [0.3, 0.4) is 0 Å². The van der Waals surface area contributed by atoms with Gasteiger partial charge in [-0.15, -0.1) is 0 Å². The molecular formula is C28H33FN6O5. The first-order valence-corrected chi connectivity index (χ1v) is 13.2. The van der Waals surface area contributed by atoms with E-state index in [2.05, 4.69) is 10.3 Å². The van der Waals surface area contributed by atoms with Crippen LogP contribution in [0.25, 0.3) is 10.9 Å². The average molecular weight is 553 g/mol. The van der Waals surface area contributed by atoms with Gasteiger partial charge in [0.1, 0.15) is 18.5 Å². The third-order valence-electron chi connectivity index (χ3n) is 7.31. The number of rotatable bonds is 9. The van der Waals surface area contributed by atoms with Gasteiger partial charge in [-0.1, -0.05) is 18.2 Å². The molecule has 0 radical (unpaired) electrons. The number of aromatic amines is 1. The molecule has 2 aliphatic rings. The predicted molar refractivity (Wildman–Crippen MR) is 148 cm³/mol. The number of nitrogens with zero attached hydrogens (tertiary/aromatic N) is 3. The van der Waals surface area contributed by atoms with Crippen LogP contribution < -0.4 is 20.9 Å². The number of aromatic nitrogens is 1. The summed E-state index contributed by atoms with van der Waals surface area (Å²) in [5.74, 6) is -0.909. The number of cyclic esters (lactones) is 1. The van der Waals surface area contributed by atoms with Crippen LogP contribution in [-0.2, 0) is 25.5 Å². The van der Waals surface area contributed by atoms with Crippen LogP contribution in [-0.4, -0.2) is 92.9 Å². The van der Waals surface area contributed by atoms with Crippen LogP contribution in [0.4, 0.5) is 20.6 Å². The summed E-state index contributed by atoms with van der Waals surface area (Å²) in [6.07, 6.45) is 0.996. The molecule has 40 heavy (non-hydrogen) atoms. The topological polar surface area (TPSA) is 133 Å². The number of nitrogens with one attached hydrogen (secondary N) is 2. The molecule has 1 aromatic heterocycles. The van der Waals surface area contributed by atoms with Crippen molar-refractivity contribution in [2.75, 3.05) is 62.8 Å². The van der Waals surface area contributed by atoms with Gasteiger partial charge in [0.15, 0.2) is 0 Å². The van der Waals surface area contributed by atoms with E-state index in [-0.39, 0.29) is 31.5 Å². The van der Waals surface area contributed by atoms with Crippen LogP contribution in [0.1, 0.15) is 5.56 Å². The Morgan fingerprint density at radius 3 is 2.73 bits per heavy atom. The standard InChI is InChI=1S/C28H33FN6O5/c1-39-17-26(36)34-10-8-33(9-11-34)25-7-6-19(13-22(25)29)35-16-20(40-28(35)38)15-32-27(37)23(30)12-18-14-31-24-5-3-2-4-21(18)24/h2-7,13-14,20,23,31H,8-12,15-17,30H2,1H3,(H,32,37)/t20-,23?/m1/s1. The molecule has 1 unspecified atom stereocenters. The molecule has 0 aliphatic carbocycles. The molecule has 5 rings (SSSR count). The zero-order valence-electron chi connectivity index (χ0n) is 22.3. The number of ether oxygens (including phenoxy) is 2. The van der Waals surface area contributed by atoms with E-state index in [4.69, 9.17) is 15.2 Å². The van der Waals surface area contributed by atoms with Crippen molar-refractivity contribution >= 4 is 40.2 Å². The lowest BCUT2D eigenvalue weighted by molar-refractivity contribution is -0.135. The largest absolute Gasteiger partial charge is 0.442 e. The molecule has 3 aromatic rings. The summed E-state index contributed by atoms with van der Waals surface area (Å²) in [7, 11) is 1.47. The third-order valence-corrected chi connectivity index (χ3v) is 7.31. The van der Waals surface area contributed by atoms with Gasteiger partial charge in [0, 0.05) is 50.4 Å². The Morgan fingerprint density at radius 1 is 1.20 bits per heavy atom. The van der Waals surface area contributed by atoms with Crippen molar-refractivity contribution < 1.29 is 28.2 Å². The van der Waals surface area contributed by atoms with Crippen molar-refractivity contribution in [1.82, 2.24) is 15.2 Å². The number of carbonyl (C=O) groups is 3. The van der Waals surface area contributed by atoms with Crippen molar-refractivity contribution in [2.45, 2.75) is 18.6 Å². The van der Waals surface area contributed by atoms with E-state index in [1.807, 2.05) is 35.4 Å². The number of nitrogens with two attached hydrogens (primary N) is 1. The predicted octanol–water partition coefficient (Wildman–Crippen LogP) is 1.61. The number of carbonyl (C=O) groups excluding carboxylic acids is 3. The summed E-state index contributed by atoms with van der Waals surface area (Å²) in [6, 6.07) is 11.6. The molecular weight excluding hydrogens is 519 g/mol. The van der Waals surface area contributed by atoms with Crippen LogP contribution in [0.2, 0.25) is 0 Å². The number of hydrogen-bond acceptors (Lipinski definition) is 7. The Kier molecular flexibility index (Phi) is 8.17.